The summed E-state index contributed by atoms with van der Waals surface area (Å²) in [4.78, 5) is 0. The van der Waals surface area contributed by atoms with Crippen molar-refractivity contribution in [1.82, 2.24) is 0 Å². The molecule has 0 N–H and O–H groups in total. The molecule has 0 saturated heterocycles. The van der Waals surface area contributed by atoms with Crippen molar-refractivity contribution >= 4 is 0 Å². The lowest BCUT2D eigenvalue weighted by Crippen LogP contribution is -2.33. The summed E-state index contributed by atoms with van der Waals surface area (Å²) >= 11 is 0. The topological polar surface area (TPSA) is 19.4 Å². The van der Waals surface area contributed by atoms with Gasteiger partial charge in [-0.1, -0.05) is 193 Å². The van der Waals surface area contributed by atoms with Gasteiger partial charge in [-0.3, -0.25) is 0 Å². The number of nitrogens with zero attached hydrogens (tertiary/aromatic N) is 5. The molecule has 5 heteroatoms. The molecule has 10 rings (SSSR count). The van der Waals surface area contributed by atoms with Crippen LogP contribution >= 0.6 is 0 Å². The van der Waals surface area contributed by atoms with Crippen molar-refractivity contribution in [1.29, 1.82) is 0 Å². The Kier molecular flexibility index (Phi) is 24.7. The molecule has 0 bridgehead atoms. The minimum absolute atomic E-state index is 0.108. The maximum atomic E-state index is 8.66. The van der Waals surface area contributed by atoms with E-state index in [-0.39, 0.29) is 23.2 Å². The average Bonchev–Trinajstić information content (AvgIpc) is 0.751. The predicted molar refractivity (Wildman–Crippen MR) is 443 cm³/mol. The standard InChI is InChI=1S/2C21H30N.2C19H26N.C18H24N/c2*1-15(2)11-18-13-21(20-10-8-7-9-17(20)5)22(6)14-19(18)12-16(3)4;2*1-13(2)9-17-12-20(6)19(11-15(17)4)18-8-7-14(3)10-16(18)5;1-13-7-9-16(14(2)11-13)17-10-8-15(12-19(17)6)18(3,4)5/h2*7-10,13-16H,11-12H2,1-6H3;2*7-8,10-13H,9H2,1-6H3;7-12H,1-6H3/q5*+1/i11D2,12D2;;3D3,9D2;;1D3. The fraction of sp³-hybridized carbons (Fsp3) is 0.439. The van der Waals surface area contributed by atoms with Crippen molar-refractivity contribution in [2.24, 2.45) is 70.7 Å². The lowest BCUT2D eigenvalue weighted by molar-refractivity contribution is -0.661. The molecule has 5 aromatic heterocycles. The molecule has 548 valence electrons. The van der Waals surface area contributed by atoms with E-state index in [0.717, 1.165) is 75.3 Å². The van der Waals surface area contributed by atoms with Crippen LogP contribution in [0.25, 0.3) is 56.3 Å². The Morgan fingerprint density at radius 1 is 0.291 bits per heavy atom. The number of pyridine rings is 5. The second kappa shape index (κ2) is 38.0. The summed E-state index contributed by atoms with van der Waals surface area (Å²) in [6.45, 7) is 43.9. The summed E-state index contributed by atoms with van der Waals surface area (Å²) in [6, 6.07) is 46.8. The Labute approximate surface area is 645 Å². The molecular weight excluding hydrogens is 1250 g/mol. The Morgan fingerprint density at radius 3 is 1.04 bits per heavy atom. The molecule has 0 radical (unpaired) electrons. The Hall–Kier alpha value is -8.15. The molecule has 0 amide bonds. The van der Waals surface area contributed by atoms with Gasteiger partial charge in [0.25, 0.3) is 0 Å². The molecule has 5 nitrogen and oxygen atoms in total. The fourth-order valence-corrected chi connectivity index (χ4v) is 13.3. The molecule has 0 aliphatic rings. The fourth-order valence-electron chi connectivity index (χ4n) is 13.3. The lowest BCUT2D eigenvalue weighted by Gasteiger charge is -2.17. The van der Waals surface area contributed by atoms with Gasteiger partial charge < -0.3 is 0 Å². The van der Waals surface area contributed by atoms with Gasteiger partial charge in [-0.2, -0.15) is 0 Å². The van der Waals surface area contributed by atoms with E-state index >= 15 is 0 Å². The maximum absolute atomic E-state index is 8.66. The molecule has 0 aliphatic carbocycles. The van der Waals surface area contributed by atoms with Gasteiger partial charge in [0.05, 0.1) is 0 Å². The third kappa shape index (κ3) is 24.5. The number of aryl methyl sites for hydroxylation is 15. The molecule has 0 unspecified atom stereocenters. The molecule has 5 aromatic carbocycles. The van der Waals surface area contributed by atoms with Gasteiger partial charge in [0.2, 0.25) is 28.5 Å². The zero-order valence-electron chi connectivity index (χ0n) is 80.5. The molecule has 0 atom stereocenters. The number of benzene rings is 5. The van der Waals surface area contributed by atoms with E-state index in [9.17, 15) is 0 Å². The van der Waals surface area contributed by atoms with Gasteiger partial charge in [-0.15, -0.1) is 0 Å². The van der Waals surface area contributed by atoms with Crippen LogP contribution in [0.2, 0.25) is 0 Å². The van der Waals surface area contributed by atoms with E-state index in [1.54, 1.807) is 30.5 Å². The van der Waals surface area contributed by atoms with E-state index in [2.05, 4.69) is 203 Å². The van der Waals surface area contributed by atoms with E-state index in [1.165, 1.54) is 67.0 Å². The third-order valence-corrected chi connectivity index (χ3v) is 18.5. The molecule has 10 aromatic rings. The highest BCUT2D eigenvalue weighted by atomic mass is 14.9. The minimum Gasteiger partial charge on any atom is -0.201 e. The highest BCUT2D eigenvalue weighted by molar-refractivity contribution is 5.66. The molecular formula is C98H136N5+5. The van der Waals surface area contributed by atoms with Gasteiger partial charge in [0.1, 0.15) is 35.2 Å². The smallest absolute Gasteiger partial charge is 0.201 e. The van der Waals surface area contributed by atoms with Crippen LogP contribution in [0.1, 0.15) is 215 Å². The van der Waals surface area contributed by atoms with Gasteiger partial charge in [-0.25, -0.2) is 22.8 Å². The van der Waals surface area contributed by atoms with Crippen LogP contribution < -0.4 is 22.8 Å². The summed E-state index contributed by atoms with van der Waals surface area (Å²) in [5.74, 6) is 1.42. The molecule has 0 aliphatic heterocycles. The first-order chi connectivity index (χ1) is 53.0. The Bertz CT molecular complexity index is 4930. The first-order valence-corrected chi connectivity index (χ1v) is 37.5. The van der Waals surface area contributed by atoms with Crippen LogP contribution in [0.4, 0.5) is 0 Å². The van der Waals surface area contributed by atoms with Crippen molar-refractivity contribution in [2.75, 3.05) is 0 Å². The summed E-state index contributed by atoms with van der Waals surface area (Å²) in [5, 5.41) is 0. The molecule has 0 saturated carbocycles. The highest BCUT2D eigenvalue weighted by Gasteiger charge is 2.24. The Morgan fingerprint density at radius 2 is 0.621 bits per heavy atom. The summed E-state index contributed by atoms with van der Waals surface area (Å²) in [6.07, 6.45) is 9.23. The van der Waals surface area contributed by atoms with Gasteiger partial charge >= 0.3 is 0 Å². The summed E-state index contributed by atoms with van der Waals surface area (Å²) in [5.41, 5.74) is 28.7. The summed E-state index contributed by atoms with van der Waals surface area (Å²) in [7, 11) is 10.1. The van der Waals surface area contributed by atoms with Crippen molar-refractivity contribution in [3.05, 3.63) is 265 Å². The van der Waals surface area contributed by atoms with Crippen molar-refractivity contribution in [3.63, 3.8) is 0 Å². The normalized spacial score (nSPS) is 13.8. The SMILES string of the molecule is Cc1ccc(-c2cc(C)c(CC(C)C)c[n+]2C)c(C)c1.Cc1ccccc1-c1cc(CC(C)C)c(CC(C)C)c[n+]1C.[2H]C([2H])([2H])c1ccc(-c2cc(C)c(C([2H])([2H])C(C)C)c[n+]2C)c(C)c1.[2H]C([2H])([2H])c1ccc(-c2ccc(C(C)(C)C)c[n+]2C)c(C)c1.[2H]C([2H])(c1cc(-c2ccccc2C)[n+](C)cc1C([2H])([2H])C(C)C)C(C)C. The van der Waals surface area contributed by atoms with E-state index in [4.69, 9.17) is 16.4 Å². The number of hydrogen-bond acceptors (Lipinski definition) is 0. The Balaban J connectivity index is 0.000000224. The van der Waals surface area contributed by atoms with Crippen LogP contribution in [0.3, 0.4) is 0 Å². The van der Waals surface area contributed by atoms with Crippen LogP contribution in [-0.4, -0.2) is 0 Å². The highest BCUT2D eigenvalue weighted by Crippen LogP contribution is 2.31. The van der Waals surface area contributed by atoms with Crippen LogP contribution in [0, 0.1) is 105 Å². The third-order valence-electron chi connectivity index (χ3n) is 18.5. The second-order valence-corrected chi connectivity index (χ2v) is 32.1. The van der Waals surface area contributed by atoms with E-state index in [0.29, 0.717) is 45.6 Å². The van der Waals surface area contributed by atoms with Crippen LogP contribution in [-0.2, 0) is 79.0 Å². The maximum Gasteiger partial charge on any atom is 0.212 e. The number of hydrogen-bond donors (Lipinski definition) is 0. The predicted octanol–water partition coefficient (Wildman–Crippen LogP) is 22.5. The van der Waals surface area contributed by atoms with Crippen molar-refractivity contribution < 1.29 is 39.3 Å². The molecule has 103 heavy (non-hydrogen) atoms. The van der Waals surface area contributed by atoms with Crippen molar-refractivity contribution in [2.45, 2.75) is 217 Å². The van der Waals surface area contributed by atoms with Gasteiger partial charge in [-0.05, 0) is 235 Å². The van der Waals surface area contributed by atoms with Crippen molar-refractivity contribution in [3.8, 4) is 56.3 Å². The zero-order valence-corrected chi connectivity index (χ0v) is 68.5. The first-order valence-electron chi connectivity index (χ1n) is 43.5. The molecule has 0 spiro atoms. The lowest BCUT2D eigenvalue weighted by atomic mass is 9.88. The average molecular weight is 1400 g/mol. The first kappa shape index (κ1) is 66.8. The van der Waals surface area contributed by atoms with Gasteiger partial charge in [0, 0.05) is 102 Å². The van der Waals surface area contributed by atoms with Crippen LogP contribution in [0.5, 0.6) is 0 Å². The minimum atomic E-state index is -2.11. The van der Waals surface area contributed by atoms with E-state index < -0.39 is 32.8 Å². The van der Waals surface area contributed by atoms with E-state index in [1.807, 2.05) is 154 Å². The number of rotatable bonds is 17. The number of aromatic nitrogens is 5. The second-order valence-electron chi connectivity index (χ2n) is 32.1. The zero-order chi connectivity index (χ0) is 86.9. The molecule has 0 fully saturated rings. The summed E-state index contributed by atoms with van der Waals surface area (Å²) < 4.78 is 107. The molecule has 5 heterocycles. The monoisotopic (exact) mass is 1400 g/mol. The van der Waals surface area contributed by atoms with Crippen LogP contribution in [0.15, 0.2) is 171 Å². The quantitative estimate of drug-likeness (QED) is 0.0810. The van der Waals surface area contributed by atoms with Gasteiger partial charge in [0.15, 0.2) is 31.0 Å². The largest absolute Gasteiger partial charge is 0.212 e.